The van der Waals surface area contributed by atoms with Gasteiger partial charge in [0.05, 0.1) is 0 Å². The monoisotopic (exact) mass is 323 g/mol. The summed E-state index contributed by atoms with van der Waals surface area (Å²) in [6.45, 7) is 6.60. The van der Waals surface area contributed by atoms with Crippen LogP contribution in [-0.2, 0) is 6.61 Å². The Bertz CT molecular complexity index is 653. The summed E-state index contributed by atoms with van der Waals surface area (Å²) in [5, 5.41) is 1.39. The van der Waals surface area contributed by atoms with Crippen molar-refractivity contribution < 1.29 is 4.74 Å². The number of aryl methyl sites for hydroxylation is 1. The first-order valence-electron chi connectivity index (χ1n) is 6.85. The highest BCUT2D eigenvalue weighted by molar-refractivity contribution is 6.31. The molecule has 2 aromatic rings. The summed E-state index contributed by atoms with van der Waals surface area (Å²) in [5.74, 6) is 1.18. The van der Waals surface area contributed by atoms with Gasteiger partial charge in [-0.2, -0.15) is 0 Å². The summed E-state index contributed by atoms with van der Waals surface area (Å²) in [5.41, 5.74) is 9.34. The number of hydrogen-bond donors (Lipinski definition) is 1. The fraction of sp³-hybridized carbons (Fsp3) is 0.294. The molecule has 0 amide bonds. The molecule has 2 N–H and O–H groups in total. The highest BCUT2D eigenvalue weighted by Crippen LogP contribution is 2.32. The Balaban J connectivity index is 2.21. The highest BCUT2D eigenvalue weighted by atomic mass is 35.5. The molecule has 0 aliphatic carbocycles. The number of hydrogen-bond acceptors (Lipinski definition) is 2. The minimum atomic E-state index is 0.348. The number of nitrogens with two attached hydrogens (primary N) is 1. The van der Waals surface area contributed by atoms with Gasteiger partial charge in [-0.3, -0.25) is 0 Å². The average molecular weight is 324 g/mol. The third kappa shape index (κ3) is 3.84. The molecule has 0 saturated carbocycles. The molecule has 0 heterocycles. The zero-order valence-electron chi connectivity index (χ0n) is 12.4. The van der Waals surface area contributed by atoms with E-state index in [1.165, 1.54) is 0 Å². The molecular formula is C17H19Cl2NO. The number of rotatable bonds is 4. The van der Waals surface area contributed by atoms with Gasteiger partial charge in [-0.15, -0.1) is 0 Å². The highest BCUT2D eigenvalue weighted by Gasteiger charge is 2.11. The second kappa shape index (κ2) is 6.59. The van der Waals surface area contributed by atoms with E-state index in [1.54, 1.807) is 6.07 Å². The molecule has 2 aromatic carbocycles. The Labute approximate surface area is 135 Å². The van der Waals surface area contributed by atoms with Crippen molar-refractivity contribution in [1.82, 2.24) is 0 Å². The molecule has 0 bridgehead atoms. The topological polar surface area (TPSA) is 35.2 Å². The van der Waals surface area contributed by atoms with Crippen LogP contribution in [0.5, 0.6) is 5.75 Å². The first-order valence-corrected chi connectivity index (χ1v) is 7.61. The van der Waals surface area contributed by atoms with Crippen LogP contribution in [0.15, 0.2) is 30.3 Å². The predicted molar refractivity (Wildman–Crippen MR) is 90.5 cm³/mol. The second-order valence-electron chi connectivity index (χ2n) is 5.43. The molecule has 0 radical (unpaired) electrons. The SMILES string of the molecule is Cc1cc(Cl)c(C(C)C)cc1OCc1ccc(N)cc1Cl. The first kappa shape index (κ1) is 16.0. The zero-order valence-corrected chi connectivity index (χ0v) is 13.9. The molecule has 2 nitrogen and oxygen atoms in total. The van der Waals surface area contributed by atoms with Gasteiger partial charge < -0.3 is 10.5 Å². The molecule has 0 aromatic heterocycles. The lowest BCUT2D eigenvalue weighted by molar-refractivity contribution is 0.304. The largest absolute Gasteiger partial charge is 0.489 e. The van der Waals surface area contributed by atoms with Gasteiger partial charge in [0.1, 0.15) is 12.4 Å². The summed E-state index contributed by atoms with van der Waals surface area (Å²) in [7, 11) is 0. The zero-order chi connectivity index (χ0) is 15.6. The maximum atomic E-state index is 6.27. The minimum absolute atomic E-state index is 0.348. The molecule has 112 valence electrons. The van der Waals surface area contributed by atoms with Crippen LogP contribution in [0.3, 0.4) is 0 Å². The van der Waals surface area contributed by atoms with Crippen molar-refractivity contribution in [1.29, 1.82) is 0 Å². The van der Waals surface area contributed by atoms with Crippen LogP contribution in [0.2, 0.25) is 10.0 Å². The molecular weight excluding hydrogens is 305 g/mol. The van der Waals surface area contributed by atoms with E-state index < -0.39 is 0 Å². The summed E-state index contributed by atoms with van der Waals surface area (Å²) >= 11 is 12.4. The van der Waals surface area contributed by atoms with E-state index in [-0.39, 0.29) is 0 Å². The third-order valence-electron chi connectivity index (χ3n) is 3.38. The molecule has 0 aliphatic rings. The Hall–Kier alpha value is -1.38. The fourth-order valence-corrected chi connectivity index (χ4v) is 2.78. The molecule has 0 saturated heterocycles. The van der Waals surface area contributed by atoms with Gasteiger partial charge >= 0.3 is 0 Å². The van der Waals surface area contributed by atoms with Crippen molar-refractivity contribution in [3.05, 3.63) is 57.1 Å². The molecule has 4 heteroatoms. The van der Waals surface area contributed by atoms with Crippen molar-refractivity contribution in [3.63, 3.8) is 0 Å². The van der Waals surface area contributed by atoms with Crippen LogP contribution in [0, 0.1) is 6.92 Å². The van der Waals surface area contributed by atoms with E-state index in [2.05, 4.69) is 13.8 Å². The van der Waals surface area contributed by atoms with E-state index in [9.17, 15) is 0 Å². The summed E-state index contributed by atoms with van der Waals surface area (Å²) in [4.78, 5) is 0. The number of halogens is 2. The maximum Gasteiger partial charge on any atom is 0.123 e. The van der Waals surface area contributed by atoms with Gasteiger partial charge in [0.15, 0.2) is 0 Å². The molecule has 0 spiro atoms. The minimum Gasteiger partial charge on any atom is -0.489 e. The lowest BCUT2D eigenvalue weighted by atomic mass is 10.0. The van der Waals surface area contributed by atoms with Gasteiger partial charge in [-0.05, 0) is 48.2 Å². The summed E-state index contributed by atoms with van der Waals surface area (Å²) in [6, 6.07) is 9.38. The summed E-state index contributed by atoms with van der Waals surface area (Å²) in [6.07, 6.45) is 0. The van der Waals surface area contributed by atoms with Gasteiger partial charge in [0.25, 0.3) is 0 Å². The predicted octanol–water partition coefficient (Wildman–Crippen LogP) is 5.59. The van der Waals surface area contributed by atoms with Crippen molar-refractivity contribution >= 4 is 28.9 Å². The van der Waals surface area contributed by atoms with E-state index in [1.807, 2.05) is 31.2 Å². The van der Waals surface area contributed by atoms with Crippen LogP contribution < -0.4 is 10.5 Å². The van der Waals surface area contributed by atoms with Crippen LogP contribution >= 0.6 is 23.2 Å². The molecule has 0 aliphatic heterocycles. The average Bonchev–Trinajstić information content (AvgIpc) is 2.39. The third-order valence-corrected chi connectivity index (χ3v) is 4.06. The maximum absolute atomic E-state index is 6.27. The Morgan fingerprint density at radius 2 is 1.81 bits per heavy atom. The number of benzene rings is 2. The fourth-order valence-electron chi connectivity index (χ4n) is 2.10. The van der Waals surface area contributed by atoms with Crippen LogP contribution in [0.1, 0.15) is 36.5 Å². The van der Waals surface area contributed by atoms with Crippen LogP contribution in [0.4, 0.5) is 5.69 Å². The van der Waals surface area contributed by atoms with E-state index in [0.717, 1.165) is 27.5 Å². The van der Waals surface area contributed by atoms with E-state index in [0.29, 0.717) is 23.2 Å². The van der Waals surface area contributed by atoms with Crippen molar-refractivity contribution in [3.8, 4) is 5.75 Å². The lowest BCUT2D eigenvalue weighted by Crippen LogP contribution is -2.00. The molecule has 0 unspecified atom stereocenters. The Kier molecular flexibility index (Phi) is 5.02. The van der Waals surface area contributed by atoms with E-state index in [4.69, 9.17) is 33.7 Å². The number of anilines is 1. The van der Waals surface area contributed by atoms with Crippen molar-refractivity contribution in [2.75, 3.05) is 5.73 Å². The number of ether oxygens (including phenoxy) is 1. The molecule has 21 heavy (non-hydrogen) atoms. The first-order chi connectivity index (χ1) is 9.88. The molecule has 0 fully saturated rings. The van der Waals surface area contributed by atoms with E-state index >= 15 is 0 Å². The van der Waals surface area contributed by atoms with Gasteiger partial charge in [0, 0.05) is 21.3 Å². The number of nitrogen functional groups attached to an aromatic ring is 1. The second-order valence-corrected chi connectivity index (χ2v) is 6.25. The Morgan fingerprint density at radius 3 is 2.43 bits per heavy atom. The van der Waals surface area contributed by atoms with Gasteiger partial charge in [-0.1, -0.05) is 43.1 Å². The van der Waals surface area contributed by atoms with Gasteiger partial charge in [0.2, 0.25) is 0 Å². The molecule has 2 rings (SSSR count). The normalized spacial score (nSPS) is 11.0. The summed E-state index contributed by atoms with van der Waals surface area (Å²) < 4.78 is 5.91. The van der Waals surface area contributed by atoms with Gasteiger partial charge in [-0.25, -0.2) is 0 Å². The lowest BCUT2D eigenvalue weighted by Gasteiger charge is -2.15. The quantitative estimate of drug-likeness (QED) is 0.744. The van der Waals surface area contributed by atoms with Crippen LogP contribution in [-0.4, -0.2) is 0 Å². The Morgan fingerprint density at radius 1 is 1.10 bits per heavy atom. The van der Waals surface area contributed by atoms with Crippen molar-refractivity contribution in [2.24, 2.45) is 0 Å². The molecule has 0 atom stereocenters. The smallest absolute Gasteiger partial charge is 0.123 e. The van der Waals surface area contributed by atoms with Crippen molar-refractivity contribution in [2.45, 2.75) is 33.3 Å². The standard InChI is InChI=1S/C17H19Cl2NO/c1-10(2)14-8-17(11(3)6-16(14)19)21-9-12-4-5-13(20)7-15(12)18/h4-8,10H,9,20H2,1-3H3. The van der Waals surface area contributed by atoms with Crippen LogP contribution in [0.25, 0.3) is 0 Å².